The molecule has 1 atom stereocenters. The number of hydrogen-bond donors (Lipinski definition) is 4. The zero-order valence-electron chi connectivity index (χ0n) is 19.3. The quantitative estimate of drug-likeness (QED) is 0.386. The molecule has 2 rings (SSSR count). The molecule has 0 saturated heterocycles. The summed E-state index contributed by atoms with van der Waals surface area (Å²) in [4.78, 5) is 16.4. The van der Waals surface area contributed by atoms with Gasteiger partial charge in [-0.25, -0.2) is 4.99 Å². The maximum atomic E-state index is 11.9. The third kappa shape index (κ3) is 7.72. The molecule has 31 heavy (non-hydrogen) atoms. The predicted molar refractivity (Wildman–Crippen MR) is 127 cm³/mol. The van der Waals surface area contributed by atoms with Crippen LogP contribution in [0.5, 0.6) is 0 Å². The Balaban J connectivity index is 1.95. The molecule has 1 unspecified atom stereocenters. The number of aliphatic hydroxyl groups excluding tert-OH is 1. The van der Waals surface area contributed by atoms with Gasteiger partial charge in [-0.15, -0.1) is 0 Å². The third-order valence-corrected chi connectivity index (χ3v) is 4.94. The van der Waals surface area contributed by atoms with E-state index in [2.05, 4.69) is 53.8 Å². The van der Waals surface area contributed by atoms with Crippen LogP contribution < -0.4 is 16.0 Å². The van der Waals surface area contributed by atoms with Crippen molar-refractivity contribution in [2.75, 3.05) is 19.6 Å². The van der Waals surface area contributed by atoms with Gasteiger partial charge in [0.25, 0.3) is 5.91 Å². The second-order valence-corrected chi connectivity index (χ2v) is 8.52. The van der Waals surface area contributed by atoms with Gasteiger partial charge in [-0.3, -0.25) is 4.79 Å². The summed E-state index contributed by atoms with van der Waals surface area (Å²) < 4.78 is 0. The highest BCUT2D eigenvalue weighted by Gasteiger charge is 2.15. The molecule has 168 valence electrons. The lowest BCUT2D eigenvalue weighted by Crippen LogP contribution is -2.39. The van der Waals surface area contributed by atoms with E-state index >= 15 is 0 Å². The SMILES string of the molecule is CCNC(=O)c1ccc(CN=C(NCC)NCC(O)c2ccc(C(C)(C)C)cc2)cc1. The Hall–Kier alpha value is -2.86. The Morgan fingerprint density at radius 3 is 2.10 bits per heavy atom. The van der Waals surface area contributed by atoms with E-state index in [-0.39, 0.29) is 11.3 Å². The molecule has 6 nitrogen and oxygen atoms in total. The first kappa shape index (κ1) is 24.4. The van der Waals surface area contributed by atoms with E-state index < -0.39 is 6.10 Å². The summed E-state index contributed by atoms with van der Waals surface area (Å²) in [5.74, 6) is 0.567. The number of guanidine groups is 1. The van der Waals surface area contributed by atoms with E-state index in [0.717, 1.165) is 17.7 Å². The molecule has 2 aromatic rings. The van der Waals surface area contributed by atoms with Gasteiger partial charge in [0.15, 0.2) is 5.96 Å². The van der Waals surface area contributed by atoms with Crippen molar-refractivity contribution in [3.63, 3.8) is 0 Å². The molecule has 0 aliphatic rings. The monoisotopic (exact) mass is 424 g/mol. The normalized spacial score (nSPS) is 12.9. The first-order valence-corrected chi connectivity index (χ1v) is 10.9. The van der Waals surface area contributed by atoms with Crippen molar-refractivity contribution in [1.82, 2.24) is 16.0 Å². The Morgan fingerprint density at radius 1 is 0.935 bits per heavy atom. The summed E-state index contributed by atoms with van der Waals surface area (Å²) in [6.45, 7) is 12.6. The average Bonchev–Trinajstić information content (AvgIpc) is 2.75. The fraction of sp³-hybridized carbons (Fsp3) is 0.440. The number of benzene rings is 2. The van der Waals surface area contributed by atoms with Gasteiger partial charge in [-0.05, 0) is 48.1 Å². The van der Waals surface area contributed by atoms with E-state index in [9.17, 15) is 9.90 Å². The number of amides is 1. The summed E-state index contributed by atoms with van der Waals surface area (Å²) in [6, 6.07) is 15.5. The lowest BCUT2D eigenvalue weighted by atomic mass is 9.86. The minimum Gasteiger partial charge on any atom is -0.387 e. The van der Waals surface area contributed by atoms with Crippen molar-refractivity contribution in [2.45, 2.75) is 52.7 Å². The van der Waals surface area contributed by atoms with Crippen LogP contribution >= 0.6 is 0 Å². The minimum absolute atomic E-state index is 0.0722. The van der Waals surface area contributed by atoms with Crippen LogP contribution in [0.25, 0.3) is 0 Å². The molecule has 0 aliphatic heterocycles. The topological polar surface area (TPSA) is 85.8 Å². The number of rotatable bonds is 8. The van der Waals surface area contributed by atoms with E-state index in [0.29, 0.717) is 31.2 Å². The number of aliphatic hydroxyl groups is 1. The summed E-state index contributed by atoms with van der Waals surface area (Å²) in [7, 11) is 0. The maximum Gasteiger partial charge on any atom is 0.251 e. The van der Waals surface area contributed by atoms with Crippen LogP contribution in [0.2, 0.25) is 0 Å². The summed E-state index contributed by atoms with van der Waals surface area (Å²) in [5.41, 5.74) is 3.84. The molecule has 2 aromatic carbocycles. The number of aliphatic imine (C=N–C) groups is 1. The maximum absolute atomic E-state index is 11.9. The summed E-state index contributed by atoms with van der Waals surface area (Å²) in [5, 5.41) is 19.8. The van der Waals surface area contributed by atoms with E-state index in [1.54, 1.807) is 12.1 Å². The van der Waals surface area contributed by atoms with Crippen molar-refractivity contribution >= 4 is 11.9 Å². The van der Waals surface area contributed by atoms with E-state index in [4.69, 9.17) is 0 Å². The van der Waals surface area contributed by atoms with Crippen LogP contribution in [0.3, 0.4) is 0 Å². The number of hydrogen-bond acceptors (Lipinski definition) is 3. The van der Waals surface area contributed by atoms with Crippen LogP contribution in [0.15, 0.2) is 53.5 Å². The van der Waals surface area contributed by atoms with Crippen molar-refractivity contribution in [1.29, 1.82) is 0 Å². The molecule has 0 spiro atoms. The minimum atomic E-state index is -0.630. The fourth-order valence-electron chi connectivity index (χ4n) is 3.05. The molecule has 0 aromatic heterocycles. The molecule has 4 N–H and O–H groups in total. The highest BCUT2D eigenvalue weighted by Crippen LogP contribution is 2.23. The number of carbonyl (C=O) groups is 1. The number of nitrogens with zero attached hydrogens (tertiary/aromatic N) is 1. The Bertz CT molecular complexity index is 853. The molecule has 1 amide bonds. The molecule has 0 bridgehead atoms. The largest absolute Gasteiger partial charge is 0.387 e. The van der Waals surface area contributed by atoms with Crippen molar-refractivity contribution in [3.05, 3.63) is 70.8 Å². The van der Waals surface area contributed by atoms with Crippen molar-refractivity contribution in [2.24, 2.45) is 4.99 Å². The Morgan fingerprint density at radius 2 is 1.55 bits per heavy atom. The second-order valence-electron chi connectivity index (χ2n) is 8.52. The molecule has 0 aliphatic carbocycles. The standard InChI is InChI=1S/C25H36N4O2/c1-6-26-23(31)20-10-8-18(9-11-20)16-28-24(27-7-2)29-17-22(30)19-12-14-21(15-13-19)25(3,4)5/h8-15,22,30H,6-7,16-17H2,1-5H3,(H,26,31)(H2,27,28,29). The third-order valence-electron chi connectivity index (χ3n) is 4.94. The summed E-state index contributed by atoms with van der Waals surface area (Å²) >= 11 is 0. The van der Waals surface area contributed by atoms with Gasteiger partial charge in [-0.2, -0.15) is 0 Å². The van der Waals surface area contributed by atoms with Crippen molar-refractivity contribution in [3.8, 4) is 0 Å². The van der Waals surface area contributed by atoms with Gasteiger partial charge in [0.2, 0.25) is 0 Å². The first-order valence-electron chi connectivity index (χ1n) is 10.9. The molecular formula is C25H36N4O2. The number of nitrogens with one attached hydrogen (secondary N) is 3. The zero-order valence-corrected chi connectivity index (χ0v) is 19.3. The van der Waals surface area contributed by atoms with Gasteiger partial charge < -0.3 is 21.1 Å². The molecular weight excluding hydrogens is 388 g/mol. The fourth-order valence-corrected chi connectivity index (χ4v) is 3.05. The second kappa shape index (κ2) is 11.5. The van der Waals surface area contributed by atoms with E-state index in [1.807, 2.05) is 38.1 Å². The molecule has 6 heteroatoms. The predicted octanol–water partition coefficient (Wildman–Crippen LogP) is 3.52. The van der Waals surface area contributed by atoms with Crippen LogP contribution in [0.1, 0.15) is 67.8 Å². The molecule has 0 saturated carbocycles. The zero-order chi connectivity index (χ0) is 22.9. The van der Waals surface area contributed by atoms with Crippen LogP contribution in [0, 0.1) is 0 Å². The highest BCUT2D eigenvalue weighted by atomic mass is 16.3. The smallest absolute Gasteiger partial charge is 0.251 e. The molecule has 0 heterocycles. The number of carbonyl (C=O) groups excluding carboxylic acids is 1. The van der Waals surface area contributed by atoms with Crippen molar-refractivity contribution < 1.29 is 9.90 Å². The first-order chi connectivity index (χ1) is 14.7. The van der Waals surface area contributed by atoms with Crippen LogP contribution in [0.4, 0.5) is 0 Å². The van der Waals surface area contributed by atoms with Gasteiger partial charge >= 0.3 is 0 Å². The van der Waals surface area contributed by atoms with Gasteiger partial charge in [-0.1, -0.05) is 57.2 Å². The average molecular weight is 425 g/mol. The lowest BCUT2D eigenvalue weighted by molar-refractivity contribution is 0.0956. The van der Waals surface area contributed by atoms with E-state index in [1.165, 1.54) is 5.56 Å². The Labute approximate surface area is 186 Å². The molecule has 0 fully saturated rings. The lowest BCUT2D eigenvalue weighted by Gasteiger charge is -2.20. The van der Waals surface area contributed by atoms with Gasteiger partial charge in [0, 0.05) is 25.2 Å². The van der Waals surface area contributed by atoms with Crippen LogP contribution in [-0.2, 0) is 12.0 Å². The molecule has 0 radical (unpaired) electrons. The Kier molecular flexibility index (Phi) is 9.06. The van der Waals surface area contributed by atoms with Gasteiger partial charge in [0.05, 0.1) is 12.6 Å². The highest BCUT2D eigenvalue weighted by molar-refractivity contribution is 5.94. The van der Waals surface area contributed by atoms with Gasteiger partial charge in [0.1, 0.15) is 0 Å². The van der Waals surface area contributed by atoms with Crippen LogP contribution in [-0.4, -0.2) is 36.6 Å². The summed E-state index contributed by atoms with van der Waals surface area (Å²) in [6.07, 6.45) is -0.630.